The number of pyridine rings is 1. The molecule has 0 aliphatic heterocycles. The van der Waals surface area contributed by atoms with E-state index >= 15 is 0 Å². The highest BCUT2D eigenvalue weighted by molar-refractivity contribution is 5.87. The van der Waals surface area contributed by atoms with E-state index in [2.05, 4.69) is 17.2 Å². The van der Waals surface area contributed by atoms with Crippen molar-refractivity contribution < 1.29 is 9.90 Å². The Balaban J connectivity index is 0.00000676. The maximum Gasteiger partial charge on any atom is 0.337 e. The van der Waals surface area contributed by atoms with Gasteiger partial charge in [-0.05, 0) is 18.6 Å². The van der Waals surface area contributed by atoms with Crippen molar-refractivity contribution in [1.29, 1.82) is 0 Å². The van der Waals surface area contributed by atoms with E-state index in [1.165, 1.54) is 89.7 Å². The summed E-state index contributed by atoms with van der Waals surface area (Å²) in [7, 11) is 0. The lowest BCUT2D eigenvalue weighted by Gasteiger charge is -2.06. The standard InChI is InChI=1S/C22H38N2O2.ClH/c1-2-3-4-5-6-7-8-9-10-11-12-13-14-15-18-23-21-17-16-20(19-24-21)22(25)26;/h16-17,19H,2-15,18H2,1H3,(H,23,24)(H,25,26);1H. The molecule has 0 aliphatic rings. The second-order valence-electron chi connectivity index (χ2n) is 7.26. The maximum atomic E-state index is 10.8. The number of nitrogens with one attached hydrogen (secondary N) is 1. The van der Waals surface area contributed by atoms with Gasteiger partial charge in [0, 0.05) is 12.7 Å². The van der Waals surface area contributed by atoms with E-state index in [9.17, 15) is 4.79 Å². The second kappa shape index (κ2) is 18.1. The van der Waals surface area contributed by atoms with Crippen molar-refractivity contribution in [2.24, 2.45) is 0 Å². The van der Waals surface area contributed by atoms with Crippen molar-refractivity contribution in [3.63, 3.8) is 0 Å². The Labute approximate surface area is 172 Å². The van der Waals surface area contributed by atoms with E-state index in [0.29, 0.717) is 0 Å². The van der Waals surface area contributed by atoms with Gasteiger partial charge < -0.3 is 10.4 Å². The smallest absolute Gasteiger partial charge is 0.337 e. The number of hydrogen-bond donors (Lipinski definition) is 2. The van der Waals surface area contributed by atoms with Crippen LogP contribution in [0.25, 0.3) is 0 Å². The third-order valence-corrected chi connectivity index (χ3v) is 4.85. The Morgan fingerprint density at radius 1 is 0.852 bits per heavy atom. The molecule has 4 nitrogen and oxygen atoms in total. The number of rotatable bonds is 17. The first-order valence-electron chi connectivity index (χ1n) is 10.7. The average Bonchev–Trinajstić information content (AvgIpc) is 2.65. The number of anilines is 1. The van der Waals surface area contributed by atoms with Gasteiger partial charge in [-0.25, -0.2) is 9.78 Å². The maximum absolute atomic E-state index is 10.8. The minimum atomic E-state index is -0.934. The summed E-state index contributed by atoms with van der Waals surface area (Å²) >= 11 is 0. The van der Waals surface area contributed by atoms with Crippen LogP contribution in [0.5, 0.6) is 0 Å². The highest BCUT2D eigenvalue weighted by Crippen LogP contribution is 2.13. The quantitative estimate of drug-likeness (QED) is 0.275. The molecule has 1 aromatic heterocycles. The lowest BCUT2D eigenvalue weighted by Crippen LogP contribution is -2.04. The molecule has 0 atom stereocenters. The Morgan fingerprint density at radius 3 is 1.74 bits per heavy atom. The number of nitrogens with zero attached hydrogens (tertiary/aromatic N) is 1. The molecule has 0 radical (unpaired) electrons. The van der Waals surface area contributed by atoms with Crippen LogP contribution in [0, 0.1) is 0 Å². The third kappa shape index (κ3) is 14.4. The van der Waals surface area contributed by atoms with Gasteiger partial charge in [-0.3, -0.25) is 0 Å². The summed E-state index contributed by atoms with van der Waals surface area (Å²) in [4.78, 5) is 14.9. The van der Waals surface area contributed by atoms with Crippen molar-refractivity contribution in [2.45, 2.75) is 96.8 Å². The molecular weight excluding hydrogens is 360 g/mol. The van der Waals surface area contributed by atoms with Crippen molar-refractivity contribution >= 4 is 24.2 Å². The van der Waals surface area contributed by atoms with Gasteiger partial charge in [0.2, 0.25) is 0 Å². The first kappa shape index (κ1) is 25.7. The predicted octanol–water partition coefficient (Wildman–Crippen LogP) is 7.09. The monoisotopic (exact) mass is 398 g/mol. The second-order valence-corrected chi connectivity index (χ2v) is 7.26. The van der Waals surface area contributed by atoms with E-state index in [0.717, 1.165) is 18.8 Å². The molecule has 0 bridgehead atoms. The summed E-state index contributed by atoms with van der Waals surface area (Å²) in [6.45, 7) is 3.17. The van der Waals surface area contributed by atoms with Crippen LogP contribution in [0.3, 0.4) is 0 Å². The van der Waals surface area contributed by atoms with Crippen molar-refractivity contribution in [1.82, 2.24) is 4.98 Å². The minimum absolute atomic E-state index is 0. The Kier molecular flexibility index (Phi) is 17.2. The van der Waals surface area contributed by atoms with E-state index in [1.54, 1.807) is 12.1 Å². The molecule has 27 heavy (non-hydrogen) atoms. The zero-order valence-corrected chi connectivity index (χ0v) is 17.9. The molecule has 1 rings (SSSR count). The van der Waals surface area contributed by atoms with Gasteiger partial charge in [0.25, 0.3) is 0 Å². The predicted molar refractivity (Wildman–Crippen MR) is 117 cm³/mol. The van der Waals surface area contributed by atoms with Gasteiger partial charge in [0.15, 0.2) is 0 Å². The van der Waals surface area contributed by atoms with Gasteiger partial charge in [-0.15, -0.1) is 12.4 Å². The number of hydrogen-bond acceptors (Lipinski definition) is 3. The fourth-order valence-electron chi connectivity index (χ4n) is 3.16. The van der Waals surface area contributed by atoms with Crippen LogP contribution in [0.4, 0.5) is 5.82 Å². The molecular formula is C22H39ClN2O2. The summed E-state index contributed by atoms with van der Waals surface area (Å²) in [5, 5.41) is 12.1. The zero-order chi connectivity index (χ0) is 18.9. The number of halogens is 1. The first-order valence-corrected chi connectivity index (χ1v) is 10.7. The molecule has 156 valence electrons. The SMILES string of the molecule is CCCCCCCCCCCCCCCCNc1ccc(C(=O)O)cn1.Cl. The van der Waals surface area contributed by atoms with E-state index in [-0.39, 0.29) is 18.0 Å². The van der Waals surface area contributed by atoms with Crippen molar-refractivity contribution in [3.05, 3.63) is 23.9 Å². The van der Waals surface area contributed by atoms with E-state index < -0.39 is 5.97 Å². The highest BCUT2D eigenvalue weighted by atomic mass is 35.5. The van der Waals surface area contributed by atoms with Gasteiger partial charge in [0.1, 0.15) is 5.82 Å². The highest BCUT2D eigenvalue weighted by Gasteiger charge is 2.02. The first-order chi connectivity index (χ1) is 12.7. The van der Waals surface area contributed by atoms with Crippen LogP contribution >= 0.6 is 12.4 Å². The number of carboxylic acid groups (broad SMARTS) is 1. The van der Waals surface area contributed by atoms with Gasteiger partial charge in [-0.1, -0.05) is 90.4 Å². The fourth-order valence-corrected chi connectivity index (χ4v) is 3.16. The summed E-state index contributed by atoms with van der Waals surface area (Å²) in [6.07, 6.45) is 20.5. The van der Waals surface area contributed by atoms with Crippen molar-refractivity contribution in [2.75, 3.05) is 11.9 Å². The summed E-state index contributed by atoms with van der Waals surface area (Å²) in [5.74, 6) is -0.180. The molecule has 5 heteroatoms. The molecule has 0 spiro atoms. The molecule has 0 aliphatic carbocycles. The summed E-state index contributed by atoms with van der Waals surface area (Å²) < 4.78 is 0. The Bertz CT molecular complexity index is 466. The third-order valence-electron chi connectivity index (χ3n) is 4.85. The van der Waals surface area contributed by atoms with Crippen LogP contribution in [0.1, 0.15) is 107 Å². The largest absolute Gasteiger partial charge is 0.478 e. The number of carboxylic acids is 1. The van der Waals surface area contributed by atoms with Crippen LogP contribution in [-0.4, -0.2) is 22.6 Å². The van der Waals surface area contributed by atoms with Gasteiger partial charge >= 0.3 is 5.97 Å². The van der Waals surface area contributed by atoms with Crippen LogP contribution in [-0.2, 0) is 0 Å². The van der Waals surface area contributed by atoms with E-state index in [1.807, 2.05) is 0 Å². The van der Waals surface area contributed by atoms with E-state index in [4.69, 9.17) is 5.11 Å². The Morgan fingerprint density at radius 2 is 1.33 bits per heavy atom. The molecule has 0 fully saturated rings. The van der Waals surface area contributed by atoms with Crippen LogP contribution in [0.15, 0.2) is 18.3 Å². The van der Waals surface area contributed by atoms with Crippen molar-refractivity contribution in [3.8, 4) is 0 Å². The average molecular weight is 399 g/mol. The number of aromatic nitrogens is 1. The molecule has 0 aromatic carbocycles. The molecule has 0 saturated heterocycles. The summed E-state index contributed by atoms with van der Waals surface area (Å²) in [5.41, 5.74) is 0.229. The van der Waals surface area contributed by atoms with Crippen LogP contribution < -0.4 is 5.32 Å². The minimum Gasteiger partial charge on any atom is -0.478 e. The fraction of sp³-hybridized carbons (Fsp3) is 0.727. The molecule has 0 saturated carbocycles. The van der Waals surface area contributed by atoms with Gasteiger partial charge in [0.05, 0.1) is 5.56 Å². The number of carbonyl (C=O) groups is 1. The normalized spacial score (nSPS) is 10.4. The Hall–Kier alpha value is -1.29. The molecule has 0 unspecified atom stereocenters. The molecule has 0 amide bonds. The number of aromatic carboxylic acids is 1. The van der Waals surface area contributed by atoms with Gasteiger partial charge in [-0.2, -0.15) is 0 Å². The number of unbranched alkanes of at least 4 members (excludes halogenated alkanes) is 13. The molecule has 2 N–H and O–H groups in total. The summed E-state index contributed by atoms with van der Waals surface area (Å²) in [6, 6.07) is 3.32. The topological polar surface area (TPSA) is 62.2 Å². The lowest BCUT2D eigenvalue weighted by molar-refractivity contribution is 0.0696. The lowest BCUT2D eigenvalue weighted by atomic mass is 10.0. The van der Waals surface area contributed by atoms with Crippen LogP contribution in [0.2, 0.25) is 0 Å². The molecule has 1 heterocycles. The molecule has 1 aromatic rings. The zero-order valence-electron chi connectivity index (χ0n) is 17.0.